The Labute approximate surface area is 141 Å². The molecular formula is C20H18S2. The lowest BCUT2D eigenvalue weighted by atomic mass is 10.2. The van der Waals surface area contributed by atoms with Gasteiger partial charge in [0.15, 0.2) is 0 Å². The summed E-state index contributed by atoms with van der Waals surface area (Å²) in [5, 5.41) is 0. The van der Waals surface area contributed by atoms with Crippen molar-refractivity contribution < 1.29 is 0 Å². The smallest absolute Gasteiger partial charge is 0.0231 e. The second kappa shape index (κ2) is 8.11. The van der Waals surface area contributed by atoms with Gasteiger partial charge in [-0.05, 0) is 35.4 Å². The topological polar surface area (TPSA) is 0 Å². The second-order valence-electron chi connectivity index (χ2n) is 5.02. The molecule has 0 spiro atoms. The largest absolute Gasteiger partial charge is 0.121 e. The van der Waals surface area contributed by atoms with E-state index in [1.54, 1.807) is 0 Å². The molecule has 3 aromatic rings. The molecular weight excluding hydrogens is 304 g/mol. The minimum Gasteiger partial charge on any atom is -0.121 e. The van der Waals surface area contributed by atoms with Gasteiger partial charge in [0.1, 0.15) is 0 Å². The fraction of sp³-hybridized carbons (Fsp3) is 0.100. The average molecular weight is 322 g/mol. The Balaban J connectivity index is 1.52. The molecule has 0 fully saturated rings. The molecule has 0 saturated carbocycles. The van der Waals surface area contributed by atoms with Crippen molar-refractivity contribution in [1.29, 1.82) is 0 Å². The molecule has 3 rings (SSSR count). The van der Waals surface area contributed by atoms with Crippen molar-refractivity contribution in [3.8, 4) is 0 Å². The lowest BCUT2D eigenvalue weighted by molar-refractivity contribution is 1.32. The molecule has 0 atom stereocenters. The monoisotopic (exact) mass is 322 g/mol. The minimum atomic E-state index is 1.03. The Morgan fingerprint density at radius 3 is 1.18 bits per heavy atom. The third-order valence-corrected chi connectivity index (χ3v) is 5.49. The first-order valence-electron chi connectivity index (χ1n) is 7.34. The van der Waals surface area contributed by atoms with Gasteiger partial charge in [-0.3, -0.25) is 0 Å². The van der Waals surface area contributed by atoms with Crippen molar-refractivity contribution in [3.05, 3.63) is 96.1 Å². The zero-order chi connectivity index (χ0) is 15.0. The van der Waals surface area contributed by atoms with Crippen LogP contribution in [0.15, 0.2) is 94.7 Å². The molecule has 0 radical (unpaired) electrons. The van der Waals surface area contributed by atoms with Gasteiger partial charge in [0.25, 0.3) is 0 Å². The minimum absolute atomic E-state index is 1.03. The van der Waals surface area contributed by atoms with Crippen LogP contribution in [0, 0.1) is 0 Å². The molecule has 0 bridgehead atoms. The standard InChI is InChI=1S/C20H18S2/c1-3-7-17(8-4-1)15-21-19-11-13-20(14-12-19)22-16-18-9-5-2-6-10-18/h1-14H,15-16H2. The molecule has 0 aliphatic carbocycles. The van der Waals surface area contributed by atoms with E-state index in [2.05, 4.69) is 84.9 Å². The molecule has 110 valence electrons. The first-order valence-corrected chi connectivity index (χ1v) is 9.31. The van der Waals surface area contributed by atoms with E-state index in [1.165, 1.54) is 20.9 Å². The van der Waals surface area contributed by atoms with E-state index in [1.807, 2.05) is 23.5 Å². The fourth-order valence-electron chi connectivity index (χ4n) is 2.11. The maximum atomic E-state index is 2.22. The van der Waals surface area contributed by atoms with Crippen LogP contribution >= 0.6 is 23.5 Å². The Hall–Kier alpha value is -1.64. The lowest BCUT2D eigenvalue weighted by Gasteiger charge is -2.05. The van der Waals surface area contributed by atoms with Gasteiger partial charge in [0.05, 0.1) is 0 Å². The quantitative estimate of drug-likeness (QED) is 0.490. The van der Waals surface area contributed by atoms with Gasteiger partial charge in [0.2, 0.25) is 0 Å². The van der Waals surface area contributed by atoms with Gasteiger partial charge in [-0.15, -0.1) is 23.5 Å². The van der Waals surface area contributed by atoms with E-state index >= 15 is 0 Å². The lowest BCUT2D eigenvalue weighted by Crippen LogP contribution is -1.81. The zero-order valence-corrected chi connectivity index (χ0v) is 13.9. The summed E-state index contributed by atoms with van der Waals surface area (Å²) in [6.07, 6.45) is 0. The van der Waals surface area contributed by atoms with Crippen LogP contribution in [0.2, 0.25) is 0 Å². The third kappa shape index (κ3) is 4.69. The normalized spacial score (nSPS) is 10.5. The Kier molecular flexibility index (Phi) is 5.63. The van der Waals surface area contributed by atoms with Crippen molar-refractivity contribution in [2.75, 3.05) is 0 Å². The molecule has 0 saturated heterocycles. The van der Waals surface area contributed by atoms with E-state index in [0.717, 1.165) is 11.5 Å². The van der Waals surface area contributed by atoms with E-state index in [-0.39, 0.29) is 0 Å². The molecule has 22 heavy (non-hydrogen) atoms. The van der Waals surface area contributed by atoms with Gasteiger partial charge < -0.3 is 0 Å². The Bertz CT molecular complexity index is 613. The molecule has 0 aliphatic rings. The maximum absolute atomic E-state index is 2.22. The predicted molar refractivity (Wildman–Crippen MR) is 98.4 cm³/mol. The SMILES string of the molecule is c1ccc(CSc2ccc(SCc3ccccc3)cc2)cc1. The van der Waals surface area contributed by atoms with Gasteiger partial charge in [-0.1, -0.05) is 60.7 Å². The fourth-order valence-corrected chi connectivity index (χ4v) is 3.82. The first kappa shape index (κ1) is 15.3. The van der Waals surface area contributed by atoms with Gasteiger partial charge in [0, 0.05) is 21.3 Å². The van der Waals surface area contributed by atoms with E-state index < -0.39 is 0 Å². The summed E-state index contributed by atoms with van der Waals surface area (Å²) < 4.78 is 0. The number of rotatable bonds is 6. The highest BCUT2D eigenvalue weighted by Crippen LogP contribution is 2.27. The molecule has 2 heteroatoms. The summed E-state index contributed by atoms with van der Waals surface area (Å²) in [5.41, 5.74) is 2.74. The highest BCUT2D eigenvalue weighted by atomic mass is 32.2. The molecule has 0 nitrogen and oxygen atoms in total. The molecule has 0 amide bonds. The van der Waals surface area contributed by atoms with Crippen LogP contribution < -0.4 is 0 Å². The summed E-state index contributed by atoms with van der Waals surface area (Å²) >= 11 is 3.77. The van der Waals surface area contributed by atoms with E-state index in [0.29, 0.717) is 0 Å². The Morgan fingerprint density at radius 1 is 0.455 bits per heavy atom. The van der Waals surface area contributed by atoms with E-state index in [4.69, 9.17) is 0 Å². The number of benzene rings is 3. The summed E-state index contributed by atoms with van der Waals surface area (Å²) in [6.45, 7) is 0. The summed E-state index contributed by atoms with van der Waals surface area (Å²) in [6, 6.07) is 30.1. The van der Waals surface area contributed by atoms with Crippen LogP contribution in [-0.2, 0) is 11.5 Å². The number of thioether (sulfide) groups is 2. The number of hydrogen-bond donors (Lipinski definition) is 0. The van der Waals surface area contributed by atoms with Crippen LogP contribution in [0.4, 0.5) is 0 Å². The van der Waals surface area contributed by atoms with Crippen LogP contribution in [0.25, 0.3) is 0 Å². The second-order valence-corrected chi connectivity index (χ2v) is 7.12. The highest BCUT2D eigenvalue weighted by Gasteiger charge is 1.99. The van der Waals surface area contributed by atoms with Gasteiger partial charge in [-0.2, -0.15) is 0 Å². The zero-order valence-electron chi connectivity index (χ0n) is 12.3. The number of hydrogen-bond acceptors (Lipinski definition) is 2. The summed E-state index contributed by atoms with van der Waals surface area (Å²) in [7, 11) is 0. The van der Waals surface area contributed by atoms with Gasteiger partial charge in [-0.25, -0.2) is 0 Å². The molecule has 0 N–H and O–H groups in total. The summed E-state index contributed by atoms with van der Waals surface area (Å²) in [4.78, 5) is 2.65. The average Bonchev–Trinajstić information content (AvgIpc) is 2.61. The van der Waals surface area contributed by atoms with Crippen molar-refractivity contribution >= 4 is 23.5 Å². The molecule has 0 unspecified atom stereocenters. The van der Waals surface area contributed by atoms with Crippen LogP contribution in [0.3, 0.4) is 0 Å². The third-order valence-electron chi connectivity index (χ3n) is 3.32. The van der Waals surface area contributed by atoms with E-state index in [9.17, 15) is 0 Å². The highest BCUT2D eigenvalue weighted by molar-refractivity contribution is 7.99. The van der Waals surface area contributed by atoms with Crippen molar-refractivity contribution in [1.82, 2.24) is 0 Å². The molecule has 0 aromatic heterocycles. The van der Waals surface area contributed by atoms with Crippen LogP contribution in [-0.4, -0.2) is 0 Å². The van der Waals surface area contributed by atoms with Crippen LogP contribution in [0.1, 0.15) is 11.1 Å². The molecule has 0 aliphatic heterocycles. The molecule has 3 aromatic carbocycles. The summed E-state index contributed by atoms with van der Waals surface area (Å²) in [5.74, 6) is 2.05. The first-order chi connectivity index (χ1) is 10.9. The predicted octanol–water partition coefficient (Wildman–Crippen LogP) is 6.27. The molecule has 0 heterocycles. The van der Waals surface area contributed by atoms with Crippen LogP contribution in [0.5, 0.6) is 0 Å². The van der Waals surface area contributed by atoms with Crippen molar-refractivity contribution in [2.45, 2.75) is 21.3 Å². The Morgan fingerprint density at radius 2 is 0.818 bits per heavy atom. The maximum Gasteiger partial charge on any atom is 0.0231 e. The van der Waals surface area contributed by atoms with Crippen molar-refractivity contribution in [2.24, 2.45) is 0 Å². The van der Waals surface area contributed by atoms with Crippen molar-refractivity contribution in [3.63, 3.8) is 0 Å². The van der Waals surface area contributed by atoms with Gasteiger partial charge >= 0.3 is 0 Å².